The number of nitrogens with one attached hydrogen (secondary N) is 1. The minimum atomic E-state index is -2.93. The highest BCUT2D eigenvalue weighted by molar-refractivity contribution is 7.90. The maximum absolute atomic E-state index is 11.2. The van der Waals surface area contributed by atoms with Gasteiger partial charge < -0.3 is 10.2 Å². The van der Waals surface area contributed by atoms with Crippen molar-refractivity contribution in [2.75, 3.05) is 37.0 Å². The van der Waals surface area contributed by atoms with Crippen LogP contribution in [0.1, 0.15) is 12.5 Å². The van der Waals surface area contributed by atoms with E-state index in [9.17, 15) is 8.42 Å². The molecule has 0 amide bonds. The molecule has 0 saturated heterocycles. The van der Waals surface area contributed by atoms with Crippen molar-refractivity contribution in [3.05, 3.63) is 24.0 Å². The van der Waals surface area contributed by atoms with Crippen LogP contribution < -0.4 is 10.2 Å². The molecule has 0 saturated carbocycles. The van der Waals surface area contributed by atoms with Crippen LogP contribution in [-0.4, -0.2) is 45.5 Å². The van der Waals surface area contributed by atoms with Crippen LogP contribution in [0.2, 0.25) is 0 Å². The normalized spacial score (nSPS) is 11.5. The molecule has 6 heteroatoms. The molecule has 0 unspecified atom stereocenters. The van der Waals surface area contributed by atoms with Crippen molar-refractivity contribution in [2.24, 2.45) is 0 Å². The average Bonchev–Trinajstić information content (AvgIpc) is 2.33. The second-order valence-electron chi connectivity index (χ2n) is 4.34. The third-order valence-electron chi connectivity index (χ3n) is 2.65. The minimum absolute atomic E-state index is 0.159. The Balaban J connectivity index is 2.74. The largest absolute Gasteiger partial charge is 0.373 e. The van der Waals surface area contributed by atoms with E-state index in [1.165, 1.54) is 6.26 Å². The summed E-state index contributed by atoms with van der Waals surface area (Å²) in [5, 5.41) is 3.25. The Bertz CT molecular complexity index is 474. The maximum Gasteiger partial charge on any atom is 0.149 e. The number of aromatic nitrogens is 1. The molecule has 1 rings (SSSR count). The molecular weight excluding hydrogens is 250 g/mol. The Morgan fingerprint density at radius 1 is 1.44 bits per heavy atom. The first kappa shape index (κ1) is 14.9. The van der Waals surface area contributed by atoms with Gasteiger partial charge in [0.05, 0.1) is 5.75 Å². The minimum Gasteiger partial charge on any atom is -0.373 e. The first-order chi connectivity index (χ1) is 8.44. The zero-order chi connectivity index (χ0) is 13.6. The van der Waals surface area contributed by atoms with Gasteiger partial charge in [0.15, 0.2) is 0 Å². The Kier molecular flexibility index (Phi) is 5.55. The van der Waals surface area contributed by atoms with Gasteiger partial charge in [-0.15, -0.1) is 0 Å². The van der Waals surface area contributed by atoms with E-state index in [4.69, 9.17) is 0 Å². The fraction of sp³-hybridized carbons (Fsp3) is 0.583. The van der Waals surface area contributed by atoms with E-state index in [0.717, 1.165) is 24.3 Å². The van der Waals surface area contributed by atoms with Crippen LogP contribution >= 0.6 is 0 Å². The zero-order valence-corrected chi connectivity index (χ0v) is 12.0. The van der Waals surface area contributed by atoms with Gasteiger partial charge in [0, 0.05) is 50.0 Å². The van der Waals surface area contributed by atoms with Gasteiger partial charge >= 0.3 is 0 Å². The molecule has 0 aromatic carbocycles. The summed E-state index contributed by atoms with van der Waals surface area (Å²) in [6, 6.07) is 1.91. The number of rotatable bonds is 7. The van der Waals surface area contributed by atoms with Gasteiger partial charge in [-0.1, -0.05) is 6.92 Å². The van der Waals surface area contributed by atoms with Gasteiger partial charge in [-0.3, -0.25) is 4.98 Å². The molecular formula is C12H21N3O2S. The van der Waals surface area contributed by atoms with E-state index in [1.54, 1.807) is 6.20 Å². The average molecular weight is 271 g/mol. The molecule has 0 aliphatic carbocycles. The summed E-state index contributed by atoms with van der Waals surface area (Å²) in [6.45, 7) is 4.16. The molecule has 0 aliphatic heterocycles. The molecule has 0 aliphatic rings. The third-order valence-corrected chi connectivity index (χ3v) is 3.58. The summed E-state index contributed by atoms with van der Waals surface area (Å²) >= 11 is 0. The van der Waals surface area contributed by atoms with E-state index < -0.39 is 9.84 Å². The summed E-state index contributed by atoms with van der Waals surface area (Å²) in [5.74, 6) is 0.159. The standard InChI is InChI=1S/C12H21N3O2S/c1-4-13-9-11-10-14-6-5-12(11)15(2)7-8-18(3,16)17/h5-6,10,13H,4,7-9H2,1-3H3. The Hall–Kier alpha value is -1.14. The highest BCUT2D eigenvalue weighted by Crippen LogP contribution is 2.17. The zero-order valence-electron chi connectivity index (χ0n) is 11.2. The third kappa shape index (κ3) is 5.01. The summed E-state index contributed by atoms with van der Waals surface area (Å²) in [5.41, 5.74) is 2.10. The Labute approximate surface area is 109 Å². The van der Waals surface area contributed by atoms with Crippen LogP contribution in [-0.2, 0) is 16.4 Å². The predicted molar refractivity (Wildman–Crippen MR) is 74.6 cm³/mol. The summed E-state index contributed by atoms with van der Waals surface area (Å²) < 4.78 is 22.3. The summed E-state index contributed by atoms with van der Waals surface area (Å²) in [6.07, 6.45) is 4.80. The van der Waals surface area contributed by atoms with Crippen LogP contribution in [0.4, 0.5) is 5.69 Å². The van der Waals surface area contributed by atoms with Crippen molar-refractivity contribution < 1.29 is 8.42 Å². The monoisotopic (exact) mass is 271 g/mol. The summed E-state index contributed by atoms with van der Waals surface area (Å²) in [4.78, 5) is 6.06. The van der Waals surface area contributed by atoms with Crippen molar-refractivity contribution in [2.45, 2.75) is 13.5 Å². The summed E-state index contributed by atoms with van der Waals surface area (Å²) in [7, 11) is -1.03. The van der Waals surface area contributed by atoms with Crippen molar-refractivity contribution >= 4 is 15.5 Å². The fourth-order valence-corrected chi connectivity index (χ4v) is 2.22. The van der Waals surface area contributed by atoms with Crippen LogP contribution in [0.3, 0.4) is 0 Å². The quantitative estimate of drug-likeness (QED) is 0.790. The molecule has 1 aromatic rings. The number of sulfone groups is 1. The van der Waals surface area contributed by atoms with Gasteiger partial charge in [0.25, 0.3) is 0 Å². The van der Waals surface area contributed by atoms with Gasteiger partial charge in [-0.25, -0.2) is 8.42 Å². The van der Waals surface area contributed by atoms with Crippen molar-refractivity contribution in [1.29, 1.82) is 0 Å². The lowest BCUT2D eigenvalue weighted by molar-refractivity contribution is 0.601. The topological polar surface area (TPSA) is 62.3 Å². The van der Waals surface area contributed by atoms with E-state index in [0.29, 0.717) is 6.54 Å². The van der Waals surface area contributed by atoms with Crippen molar-refractivity contribution in [1.82, 2.24) is 10.3 Å². The number of anilines is 1. The van der Waals surface area contributed by atoms with E-state index in [2.05, 4.69) is 10.3 Å². The molecule has 0 atom stereocenters. The SMILES string of the molecule is CCNCc1cnccc1N(C)CCS(C)(=O)=O. The van der Waals surface area contributed by atoms with Crippen LogP contribution in [0.5, 0.6) is 0 Å². The lowest BCUT2D eigenvalue weighted by atomic mass is 10.2. The van der Waals surface area contributed by atoms with Crippen LogP contribution in [0.15, 0.2) is 18.5 Å². The molecule has 1 aromatic heterocycles. The molecule has 1 heterocycles. The van der Waals surface area contributed by atoms with Crippen molar-refractivity contribution in [3.8, 4) is 0 Å². The lowest BCUT2D eigenvalue weighted by Gasteiger charge is -2.21. The Morgan fingerprint density at radius 3 is 2.78 bits per heavy atom. The number of hydrogen-bond acceptors (Lipinski definition) is 5. The van der Waals surface area contributed by atoms with E-state index >= 15 is 0 Å². The molecule has 0 bridgehead atoms. The van der Waals surface area contributed by atoms with Gasteiger partial charge in [-0.2, -0.15) is 0 Å². The lowest BCUT2D eigenvalue weighted by Crippen LogP contribution is -2.26. The molecule has 5 nitrogen and oxygen atoms in total. The number of hydrogen-bond donors (Lipinski definition) is 1. The molecule has 1 N–H and O–H groups in total. The first-order valence-corrected chi connectivity index (χ1v) is 8.02. The predicted octanol–water partition coefficient (Wildman–Crippen LogP) is 0.672. The number of pyridine rings is 1. The molecule has 0 radical (unpaired) electrons. The fourth-order valence-electron chi connectivity index (χ4n) is 1.61. The molecule has 102 valence electrons. The second kappa shape index (κ2) is 6.70. The maximum atomic E-state index is 11.2. The van der Waals surface area contributed by atoms with Crippen LogP contribution in [0.25, 0.3) is 0 Å². The smallest absolute Gasteiger partial charge is 0.149 e. The van der Waals surface area contributed by atoms with E-state index in [-0.39, 0.29) is 5.75 Å². The van der Waals surface area contributed by atoms with Gasteiger partial charge in [0.2, 0.25) is 0 Å². The van der Waals surface area contributed by atoms with Gasteiger partial charge in [0.1, 0.15) is 9.84 Å². The van der Waals surface area contributed by atoms with Gasteiger partial charge in [-0.05, 0) is 12.6 Å². The molecule has 0 fully saturated rings. The highest BCUT2D eigenvalue weighted by atomic mass is 32.2. The second-order valence-corrected chi connectivity index (χ2v) is 6.60. The van der Waals surface area contributed by atoms with E-state index in [1.807, 2.05) is 31.1 Å². The van der Waals surface area contributed by atoms with Crippen LogP contribution in [0, 0.1) is 0 Å². The first-order valence-electron chi connectivity index (χ1n) is 5.96. The Morgan fingerprint density at radius 2 is 2.17 bits per heavy atom. The molecule has 0 spiro atoms. The highest BCUT2D eigenvalue weighted by Gasteiger charge is 2.09. The number of nitrogens with zero attached hydrogens (tertiary/aromatic N) is 2. The molecule has 18 heavy (non-hydrogen) atoms. The van der Waals surface area contributed by atoms with Crippen molar-refractivity contribution in [3.63, 3.8) is 0 Å².